The van der Waals surface area contributed by atoms with Crippen molar-refractivity contribution < 1.29 is 9.53 Å². The standard InChI is InChI=1S/C14H13IO2/c1-9(15)14(16)12-4-3-11-8-13(17-2)6-5-10(11)7-12/h3-9H,1-2H3. The van der Waals surface area contributed by atoms with E-state index in [2.05, 4.69) is 22.6 Å². The fraction of sp³-hybridized carbons (Fsp3) is 0.214. The van der Waals surface area contributed by atoms with Gasteiger partial charge in [-0.25, -0.2) is 0 Å². The monoisotopic (exact) mass is 340 g/mol. The zero-order chi connectivity index (χ0) is 12.4. The van der Waals surface area contributed by atoms with E-state index >= 15 is 0 Å². The fourth-order valence-electron chi connectivity index (χ4n) is 1.73. The summed E-state index contributed by atoms with van der Waals surface area (Å²) in [5, 5.41) is 2.15. The van der Waals surface area contributed by atoms with Crippen molar-refractivity contribution in [2.75, 3.05) is 7.11 Å². The first-order valence-corrected chi connectivity index (χ1v) is 6.62. The first-order chi connectivity index (χ1) is 8.11. The molecule has 88 valence electrons. The number of fused-ring (bicyclic) bond motifs is 1. The Hall–Kier alpha value is -1.10. The summed E-state index contributed by atoms with van der Waals surface area (Å²) in [6.07, 6.45) is 0. The van der Waals surface area contributed by atoms with Crippen LogP contribution in [0.3, 0.4) is 0 Å². The van der Waals surface area contributed by atoms with Crippen molar-refractivity contribution in [1.82, 2.24) is 0 Å². The first-order valence-electron chi connectivity index (χ1n) is 5.38. The number of carbonyl (C=O) groups is 1. The number of methoxy groups -OCH3 is 1. The minimum atomic E-state index is 0.00305. The van der Waals surface area contributed by atoms with Gasteiger partial charge in [0.15, 0.2) is 5.78 Å². The Morgan fingerprint density at radius 1 is 1.18 bits per heavy atom. The van der Waals surface area contributed by atoms with Crippen molar-refractivity contribution >= 4 is 39.1 Å². The Morgan fingerprint density at radius 2 is 1.82 bits per heavy atom. The smallest absolute Gasteiger partial charge is 0.175 e. The van der Waals surface area contributed by atoms with Gasteiger partial charge in [-0.1, -0.05) is 40.8 Å². The SMILES string of the molecule is COc1ccc2cc(C(=O)C(C)I)ccc2c1. The summed E-state index contributed by atoms with van der Waals surface area (Å²) < 4.78 is 5.17. The molecule has 0 bridgehead atoms. The number of rotatable bonds is 3. The van der Waals surface area contributed by atoms with E-state index in [9.17, 15) is 4.79 Å². The number of halogens is 1. The third-order valence-corrected chi connectivity index (χ3v) is 3.26. The highest BCUT2D eigenvalue weighted by atomic mass is 127. The molecule has 1 unspecified atom stereocenters. The van der Waals surface area contributed by atoms with Crippen molar-refractivity contribution in [3.63, 3.8) is 0 Å². The van der Waals surface area contributed by atoms with Gasteiger partial charge in [-0.05, 0) is 35.9 Å². The highest BCUT2D eigenvalue weighted by molar-refractivity contribution is 14.1. The summed E-state index contributed by atoms with van der Waals surface area (Å²) in [5.41, 5.74) is 0.768. The van der Waals surface area contributed by atoms with Gasteiger partial charge in [0, 0.05) is 5.56 Å². The zero-order valence-electron chi connectivity index (χ0n) is 9.74. The maximum atomic E-state index is 11.9. The largest absolute Gasteiger partial charge is 0.497 e. The van der Waals surface area contributed by atoms with Crippen LogP contribution in [0.4, 0.5) is 0 Å². The summed E-state index contributed by atoms with van der Waals surface area (Å²) >= 11 is 2.14. The van der Waals surface area contributed by atoms with Crippen molar-refractivity contribution in [3.8, 4) is 5.75 Å². The Morgan fingerprint density at radius 3 is 2.47 bits per heavy atom. The number of benzene rings is 2. The van der Waals surface area contributed by atoms with E-state index in [1.807, 2.05) is 43.3 Å². The van der Waals surface area contributed by atoms with Crippen molar-refractivity contribution in [2.24, 2.45) is 0 Å². The van der Waals surface area contributed by atoms with Gasteiger partial charge in [-0.2, -0.15) is 0 Å². The number of carbonyl (C=O) groups excluding carboxylic acids is 1. The maximum absolute atomic E-state index is 11.9. The molecule has 0 radical (unpaired) electrons. The third kappa shape index (κ3) is 2.60. The Bertz CT molecular complexity index is 561. The first kappa shape index (κ1) is 12.4. The summed E-state index contributed by atoms with van der Waals surface area (Å²) in [6.45, 7) is 1.90. The van der Waals surface area contributed by atoms with Crippen LogP contribution in [-0.2, 0) is 0 Å². The molecule has 0 saturated heterocycles. The molecule has 0 amide bonds. The average molecular weight is 340 g/mol. The highest BCUT2D eigenvalue weighted by Gasteiger charge is 2.11. The van der Waals surface area contributed by atoms with Gasteiger partial charge in [0.1, 0.15) is 5.75 Å². The normalized spacial score (nSPS) is 12.4. The molecular formula is C14H13IO2. The number of alkyl halides is 1. The minimum absolute atomic E-state index is 0.00305. The van der Waals surface area contributed by atoms with Crippen molar-refractivity contribution in [3.05, 3.63) is 42.0 Å². The van der Waals surface area contributed by atoms with Crippen LogP contribution in [0.15, 0.2) is 36.4 Å². The summed E-state index contributed by atoms with van der Waals surface area (Å²) in [6, 6.07) is 11.6. The molecule has 2 nitrogen and oxygen atoms in total. The molecule has 0 N–H and O–H groups in total. The molecule has 0 aliphatic rings. The molecule has 3 heteroatoms. The molecule has 0 aliphatic carbocycles. The quantitative estimate of drug-likeness (QED) is 0.482. The molecule has 0 aromatic heterocycles. The fourth-order valence-corrected chi connectivity index (χ4v) is 2.09. The Kier molecular flexibility index (Phi) is 3.66. The number of hydrogen-bond donors (Lipinski definition) is 0. The van der Waals surface area contributed by atoms with Gasteiger partial charge in [0.2, 0.25) is 0 Å². The number of hydrogen-bond acceptors (Lipinski definition) is 2. The van der Waals surface area contributed by atoms with E-state index in [0.717, 1.165) is 22.1 Å². The molecule has 0 spiro atoms. The second kappa shape index (κ2) is 5.04. The summed E-state index contributed by atoms with van der Waals surface area (Å²) in [5.74, 6) is 1.00. The Balaban J connectivity index is 2.48. The average Bonchev–Trinajstić information content (AvgIpc) is 2.36. The molecule has 1 atom stereocenters. The van der Waals surface area contributed by atoms with Crippen LogP contribution in [0.5, 0.6) is 5.75 Å². The van der Waals surface area contributed by atoms with Gasteiger partial charge in [0.05, 0.1) is 11.0 Å². The molecule has 0 heterocycles. The van der Waals surface area contributed by atoms with Gasteiger partial charge >= 0.3 is 0 Å². The van der Waals surface area contributed by atoms with Crippen LogP contribution in [0.25, 0.3) is 10.8 Å². The minimum Gasteiger partial charge on any atom is -0.497 e. The second-order valence-corrected chi connectivity index (χ2v) is 5.78. The van der Waals surface area contributed by atoms with E-state index in [4.69, 9.17) is 4.74 Å². The zero-order valence-corrected chi connectivity index (χ0v) is 11.9. The molecule has 0 aliphatic heterocycles. The van der Waals surface area contributed by atoms with E-state index in [1.54, 1.807) is 7.11 Å². The lowest BCUT2D eigenvalue weighted by molar-refractivity contribution is 0.0998. The molecular weight excluding hydrogens is 327 g/mol. The second-order valence-electron chi connectivity index (χ2n) is 3.91. The lowest BCUT2D eigenvalue weighted by Gasteiger charge is -2.06. The van der Waals surface area contributed by atoms with Crippen LogP contribution < -0.4 is 4.74 Å². The maximum Gasteiger partial charge on any atom is 0.175 e. The molecule has 2 aromatic rings. The van der Waals surface area contributed by atoms with E-state index in [1.165, 1.54) is 0 Å². The summed E-state index contributed by atoms with van der Waals surface area (Å²) in [4.78, 5) is 11.9. The highest BCUT2D eigenvalue weighted by Crippen LogP contribution is 2.23. The Labute approximate surface area is 114 Å². The predicted molar refractivity (Wildman–Crippen MR) is 78.3 cm³/mol. The van der Waals surface area contributed by atoms with E-state index in [0.29, 0.717) is 0 Å². The van der Waals surface area contributed by atoms with Crippen LogP contribution in [-0.4, -0.2) is 16.8 Å². The lowest BCUT2D eigenvalue weighted by atomic mass is 10.0. The topological polar surface area (TPSA) is 26.3 Å². The van der Waals surface area contributed by atoms with Crippen LogP contribution in [0, 0.1) is 0 Å². The van der Waals surface area contributed by atoms with Gasteiger partial charge in [-0.15, -0.1) is 0 Å². The van der Waals surface area contributed by atoms with Gasteiger partial charge < -0.3 is 4.74 Å². The number of ketones is 1. The van der Waals surface area contributed by atoms with Gasteiger partial charge in [0.25, 0.3) is 0 Å². The number of ether oxygens (including phenoxy) is 1. The van der Waals surface area contributed by atoms with Crippen LogP contribution >= 0.6 is 22.6 Å². The van der Waals surface area contributed by atoms with Crippen LogP contribution in [0.1, 0.15) is 17.3 Å². The van der Waals surface area contributed by atoms with Crippen molar-refractivity contribution in [2.45, 2.75) is 10.8 Å². The summed E-state index contributed by atoms with van der Waals surface area (Å²) in [7, 11) is 1.65. The van der Waals surface area contributed by atoms with E-state index < -0.39 is 0 Å². The van der Waals surface area contributed by atoms with Crippen molar-refractivity contribution in [1.29, 1.82) is 0 Å². The van der Waals surface area contributed by atoms with Crippen LogP contribution in [0.2, 0.25) is 0 Å². The predicted octanol–water partition coefficient (Wildman–Crippen LogP) is 3.85. The molecule has 0 fully saturated rings. The van der Waals surface area contributed by atoms with Gasteiger partial charge in [-0.3, -0.25) is 4.79 Å². The molecule has 2 aromatic carbocycles. The molecule has 0 saturated carbocycles. The number of Topliss-reactive ketones (excluding diaryl/α,β-unsaturated/α-hetero) is 1. The van der Waals surface area contributed by atoms with E-state index in [-0.39, 0.29) is 9.71 Å². The lowest BCUT2D eigenvalue weighted by Crippen LogP contribution is -2.09. The molecule has 2 rings (SSSR count). The third-order valence-electron chi connectivity index (χ3n) is 2.69. The molecule has 17 heavy (non-hydrogen) atoms.